The molecule has 124 valence electrons. The van der Waals surface area contributed by atoms with Crippen LogP contribution in [0.2, 0.25) is 0 Å². The maximum absolute atomic E-state index is 12.6. The highest BCUT2D eigenvalue weighted by Gasteiger charge is 2.19. The van der Waals surface area contributed by atoms with E-state index in [4.69, 9.17) is 0 Å². The van der Waals surface area contributed by atoms with Gasteiger partial charge in [0.1, 0.15) is 5.69 Å². The normalized spacial score (nSPS) is 12.3. The van der Waals surface area contributed by atoms with E-state index in [1.165, 1.54) is 11.3 Å². The van der Waals surface area contributed by atoms with Crippen molar-refractivity contribution in [2.45, 2.75) is 32.4 Å². The number of aromatic nitrogens is 3. The van der Waals surface area contributed by atoms with E-state index in [0.717, 1.165) is 10.6 Å². The molecule has 1 unspecified atom stereocenters. The van der Waals surface area contributed by atoms with Crippen molar-refractivity contribution in [1.82, 2.24) is 20.1 Å². The van der Waals surface area contributed by atoms with E-state index in [9.17, 15) is 4.79 Å². The number of nitrogens with zero attached hydrogens (tertiary/aromatic N) is 3. The Labute approximate surface area is 145 Å². The van der Waals surface area contributed by atoms with E-state index in [0.29, 0.717) is 18.2 Å². The van der Waals surface area contributed by atoms with Gasteiger partial charge >= 0.3 is 0 Å². The molecule has 24 heavy (non-hydrogen) atoms. The molecule has 0 saturated heterocycles. The summed E-state index contributed by atoms with van der Waals surface area (Å²) in [6.07, 6.45) is 3.63. The van der Waals surface area contributed by atoms with E-state index in [-0.39, 0.29) is 11.9 Å². The Kier molecular flexibility index (Phi) is 5.05. The second kappa shape index (κ2) is 7.40. The summed E-state index contributed by atoms with van der Waals surface area (Å²) in [6.45, 7) is 4.72. The number of thiazole rings is 1. The summed E-state index contributed by atoms with van der Waals surface area (Å²) < 4.78 is 1.82. The minimum atomic E-state index is -0.164. The van der Waals surface area contributed by atoms with Crippen LogP contribution >= 0.6 is 11.3 Å². The fraction of sp³-hybridized carbons (Fsp3) is 0.278. The zero-order valence-electron chi connectivity index (χ0n) is 13.7. The van der Waals surface area contributed by atoms with Crippen molar-refractivity contribution in [2.24, 2.45) is 0 Å². The lowest BCUT2D eigenvalue weighted by Crippen LogP contribution is -2.31. The molecule has 3 rings (SSSR count). The van der Waals surface area contributed by atoms with E-state index in [2.05, 4.69) is 29.2 Å². The lowest BCUT2D eigenvalue weighted by molar-refractivity contribution is 0.0927. The zero-order valence-corrected chi connectivity index (χ0v) is 14.5. The Morgan fingerprint density at radius 1 is 1.25 bits per heavy atom. The van der Waals surface area contributed by atoms with E-state index in [1.54, 1.807) is 6.20 Å². The first kappa shape index (κ1) is 16.4. The number of benzene rings is 1. The maximum Gasteiger partial charge on any atom is 0.271 e. The average Bonchev–Trinajstić information content (AvgIpc) is 3.26. The van der Waals surface area contributed by atoms with E-state index < -0.39 is 0 Å². The fourth-order valence-corrected chi connectivity index (χ4v) is 3.22. The van der Waals surface area contributed by atoms with Gasteiger partial charge in [0.2, 0.25) is 0 Å². The minimum absolute atomic E-state index is 0.154. The summed E-state index contributed by atoms with van der Waals surface area (Å²) in [6, 6.07) is 11.6. The summed E-state index contributed by atoms with van der Waals surface area (Å²) >= 11 is 1.52. The van der Waals surface area contributed by atoms with Crippen LogP contribution < -0.4 is 5.32 Å². The van der Waals surface area contributed by atoms with Gasteiger partial charge in [-0.15, -0.1) is 11.3 Å². The molecule has 0 aliphatic carbocycles. The van der Waals surface area contributed by atoms with Gasteiger partial charge < -0.3 is 5.32 Å². The predicted octanol–water partition coefficient (Wildman–Crippen LogP) is 3.63. The highest BCUT2D eigenvalue weighted by Crippen LogP contribution is 2.20. The Hall–Kier alpha value is -2.47. The largest absolute Gasteiger partial charge is 0.342 e. The number of hydrogen-bond donors (Lipinski definition) is 1. The van der Waals surface area contributed by atoms with Gasteiger partial charge in [-0.05, 0) is 11.6 Å². The van der Waals surface area contributed by atoms with Crippen molar-refractivity contribution in [1.29, 1.82) is 0 Å². The molecule has 0 fully saturated rings. The zero-order chi connectivity index (χ0) is 16.9. The van der Waals surface area contributed by atoms with Crippen LogP contribution in [0, 0.1) is 0 Å². The van der Waals surface area contributed by atoms with Gasteiger partial charge in [0, 0.05) is 23.7 Å². The van der Waals surface area contributed by atoms with Gasteiger partial charge in [0.05, 0.1) is 17.6 Å². The van der Waals surface area contributed by atoms with Crippen LogP contribution in [0.5, 0.6) is 0 Å². The molecule has 3 aromatic rings. The van der Waals surface area contributed by atoms with Crippen LogP contribution in [0.1, 0.15) is 46.9 Å². The summed E-state index contributed by atoms with van der Waals surface area (Å²) in [5.41, 5.74) is 1.52. The lowest BCUT2D eigenvalue weighted by atomic mass is 10.1. The molecule has 0 spiro atoms. The molecule has 0 aliphatic heterocycles. The Morgan fingerprint density at radius 3 is 2.67 bits per heavy atom. The van der Waals surface area contributed by atoms with E-state index in [1.807, 2.05) is 52.7 Å². The molecular formula is C18H20N4OS. The number of amides is 1. The van der Waals surface area contributed by atoms with Crippen molar-refractivity contribution in [2.75, 3.05) is 0 Å². The molecule has 5 nitrogen and oxygen atoms in total. The number of nitrogens with one attached hydrogen (secondary N) is 1. The van der Waals surface area contributed by atoms with Crippen LogP contribution in [0.15, 0.2) is 54.2 Å². The van der Waals surface area contributed by atoms with Gasteiger partial charge in [-0.3, -0.25) is 9.48 Å². The average molecular weight is 340 g/mol. The third kappa shape index (κ3) is 3.89. The third-order valence-electron chi connectivity index (χ3n) is 3.68. The molecular weight excluding hydrogens is 320 g/mol. The Balaban J connectivity index is 1.79. The SMILES string of the molecule is CC(C)c1nc(C(=O)NC(Cn2cccn2)c2ccccc2)cs1. The van der Waals surface area contributed by atoms with Crippen molar-refractivity contribution in [3.8, 4) is 0 Å². The molecule has 0 radical (unpaired) electrons. The highest BCUT2D eigenvalue weighted by atomic mass is 32.1. The number of carbonyl (C=O) groups excluding carboxylic acids is 1. The van der Waals surface area contributed by atoms with Crippen LogP contribution in [0.3, 0.4) is 0 Å². The molecule has 0 bridgehead atoms. The first-order valence-electron chi connectivity index (χ1n) is 7.92. The topological polar surface area (TPSA) is 59.8 Å². The molecule has 0 aliphatic rings. The van der Waals surface area contributed by atoms with Gasteiger partial charge in [-0.1, -0.05) is 44.2 Å². The van der Waals surface area contributed by atoms with Crippen LogP contribution in [-0.4, -0.2) is 20.7 Å². The Bertz CT molecular complexity index is 780. The summed E-state index contributed by atoms with van der Waals surface area (Å²) in [7, 11) is 0. The predicted molar refractivity (Wildman–Crippen MR) is 95.1 cm³/mol. The van der Waals surface area contributed by atoms with Gasteiger partial charge in [0.25, 0.3) is 5.91 Å². The molecule has 1 N–H and O–H groups in total. The van der Waals surface area contributed by atoms with Crippen molar-refractivity contribution in [3.05, 3.63) is 70.4 Å². The standard InChI is InChI=1S/C18H20N4OS/c1-13(2)18-21-16(12-24-18)17(23)20-15(11-22-10-6-9-19-22)14-7-4-3-5-8-14/h3-10,12-13,15H,11H2,1-2H3,(H,20,23). The molecule has 1 atom stereocenters. The quantitative estimate of drug-likeness (QED) is 0.745. The van der Waals surface area contributed by atoms with Gasteiger partial charge in [-0.2, -0.15) is 5.10 Å². The van der Waals surface area contributed by atoms with Gasteiger partial charge in [0.15, 0.2) is 0 Å². The maximum atomic E-state index is 12.6. The van der Waals surface area contributed by atoms with Crippen LogP contribution in [-0.2, 0) is 6.54 Å². The summed E-state index contributed by atoms with van der Waals surface area (Å²) in [5.74, 6) is 0.171. The first-order valence-corrected chi connectivity index (χ1v) is 8.80. The smallest absolute Gasteiger partial charge is 0.271 e. The van der Waals surface area contributed by atoms with Crippen molar-refractivity contribution < 1.29 is 4.79 Å². The van der Waals surface area contributed by atoms with Crippen molar-refractivity contribution in [3.63, 3.8) is 0 Å². The summed E-state index contributed by atoms with van der Waals surface area (Å²) in [4.78, 5) is 17.0. The molecule has 2 aromatic heterocycles. The first-order chi connectivity index (χ1) is 11.6. The number of carbonyl (C=O) groups is 1. The van der Waals surface area contributed by atoms with E-state index >= 15 is 0 Å². The number of rotatable bonds is 6. The number of hydrogen-bond acceptors (Lipinski definition) is 4. The fourth-order valence-electron chi connectivity index (χ4n) is 2.40. The molecule has 1 amide bonds. The molecule has 1 aromatic carbocycles. The lowest BCUT2D eigenvalue weighted by Gasteiger charge is -2.19. The summed E-state index contributed by atoms with van der Waals surface area (Å²) in [5, 5.41) is 10.1. The van der Waals surface area contributed by atoms with Crippen LogP contribution in [0.25, 0.3) is 0 Å². The second-order valence-corrected chi connectivity index (χ2v) is 6.78. The van der Waals surface area contributed by atoms with Crippen molar-refractivity contribution >= 4 is 17.2 Å². The molecule has 0 saturated carbocycles. The van der Waals surface area contributed by atoms with Gasteiger partial charge in [-0.25, -0.2) is 4.98 Å². The highest BCUT2D eigenvalue weighted by molar-refractivity contribution is 7.09. The minimum Gasteiger partial charge on any atom is -0.342 e. The molecule has 2 heterocycles. The second-order valence-electron chi connectivity index (χ2n) is 5.89. The monoisotopic (exact) mass is 340 g/mol. The molecule has 6 heteroatoms. The Morgan fingerprint density at radius 2 is 2.04 bits per heavy atom. The third-order valence-corrected chi connectivity index (χ3v) is 4.83. The van der Waals surface area contributed by atoms with Crippen LogP contribution in [0.4, 0.5) is 0 Å².